The minimum absolute atomic E-state index is 0.822. The number of hydrogen-bond acceptors (Lipinski definition) is 4. The van der Waals surface area contributed by atoms with Crippen molar-refractivity contribution in [2.24, 2.45) is 0 Å². The molecule has 104 valence electrons. The van der Waals surface area contributed by atoms with E-state index < -0.39 is 0 Å². The van der Waals surface area contributed by atoms with E-state index in [-0.39, 0.29) is 0 Å². The Balaban J connectivity index is 2.00. The lowest BCUT2D eigenvalue weighted by Crippen LogP contribution is -2.26. The Morgan fingerprint density at radius 2 is 2.10 bits per heavy atom. The highest BCUT2D eigenvalue weighted by Gasteiger charge is 2.16. The number of aryl methyl sites for hydroxylation is 2. The molecule has 5 heteroatoms. The topological polar surface area (TPSA) is 49.8 Å². The molecule has 3 rings (SSSR count). The fraction of sp³-hybridized carbons (Fsp3) is 0.333. The van der Waals surface area contributed by atoms with Crippen molar-refractivity contribution in [2.75, 3.05) is 11.9 Å². The largest absolute Gasteiger partial charge is 0.340 e. The van der Waals surface area contributed by atoms with Crippen molar-refractivity contribution in [3.63, 3.8) is 0 Å². The predicted molar refractivity (Wildman–Crippen MR) is 84.3 cm³/mol. The Bertz CT molecular complexity index is 655. The highest BCUT2D eigenvalue weighted by Crippen LogP contribution is 2.27. The highest BCUT2D eigenvalue weighted by molar-refractivity contribution is 9.10. The summed E-state index contributed by atoms with van der Waals surface area (Å²) in [5.41, 5.74) is 4.62. The van der Waals surface area contributed by atoms with Gasteiger partial charge < -0.3 is 10.6 Å². The normalized spacial score (nSPS) is 13.9. The van der Waals surface area contributed by atoms with Crippen molar-refractivity contribution >= 4 is 27.4 Å². The summed E-state index contributed by atoms with van der Waals surface area (Å²) in [6.07, 6.45) is 0.965. The van der Waals surface area contributed by atoms with E-state index in [0.29, 0.717) is 0 Å². The molecule has 2 heterocycles. The molecule has 0 amide bonds. The Kier molecular flexibility index (Phi) is 3.72. The first-order valence-corrected chi connectivity index (χ1v) is 7.53. The number of aromatic nitrogens is 2. The molecule has 2 aromatic rings. The lowest BCUT2D eigenvalue weighted by atomic mass is 10.1. The zero-order valence-corrected chi connectivity index (χ0v) is 13.2. The molecule has 4 nitrogen and oxygen atoms in total. The van der Waals surface area contributed by atoms with Crippen molar-refractivity contribution < 1.29 is 0 Å². The first-order chi connectivity index (χ1) is 9.63. The van der Waals surface area contributed by atoms with Crippen LogP contribution in [0.3, 0.4) is 0 Å². The van der Waals surface area contributed by atoms with Crippen LogP contribution in [0.1, 0.15) is 22.6 Å². The molecule has 0 saturated heterocycles. The van der Waals surface area contributed by atoms with Gasteiger partial charge in [-0.3, -0.25) is 0 Å². The monoisotopic (exact) mass is 332 g/mol. The van der Waals surface area contributed by atoms with Crippen LogP contribution in [0.2, 0.25) is 0 Å². The predicted octanol–water partition coefficient (Wildman–Crippen LogP) is 3.25. The molecular weight excluding hydrogens is 316 g/mol. The molecule has 0 radical (unpaired) electrons. The summed E-state index contributed by atoms with van der Waals surface area (Å²) in [6.45, 7) is 5.85. The van der Waals surface area contributed by atoms with Gasteiger partial charge in [0.2, 0.25) is 0 Å². The second-order valence-corrected chi connectivity index (χ2v) is 5.97. The summed E-state index contributed by atoms with van der Waals surface area (Å²) < 4.78 is 1.09. The van der Waals surface area contributed by atoms with Crippen LogP contribution in [0.25, 0.3) is 0 Å². The van der Waals surface area contributed by atoms with E-state index >= 15 is 0 Å². The molecule has 20 heavy (non-hydrogen) atoms. The van der Waals surface area contributed by atoms with Crippen LogP contribution >= 0.6 is 15.9 Å². The van der Waals surface area contributed by atoms with E-state index in [1.165, 1.54) is 11.1 Å². The first kappa shape index (κ1) is 13.5. The molecule has 0 unspecified atom stereocenters. The maximum Gasteiger partial charge on any atom is 0.138 e. The molecule has 1 aliphatic rings. The Labute approximate surface area is 127 Å². The van der Waals surface area contributed by atoms with Crippen LogP contribution in [0.4, 0.5) is 11.5 Å². The van der Waals surface area contributed by atoms with Crippen LogP contribution in [0.5, 0.6) is 0 Å². The maximum absolute atomic E-state index is 4.57. The van der Waals surface area contributed by atoms with Gasteiger partial charge in [-0.2, -0.15) is 0 Å². The molecular formula is C15H17BrN4. The van der Waals surface area contributed by atoms with Gasteiger partial charge in [0.15, 0.2) is 0 Å². The van der Waals surface area contributed by atoms with Crippen molar-refractivity contribution in [3.05, 3.63) is 45.3 Å². The highest BCUT2D eigenvalue weighted by atomic mass is 79.9. The standard InChI is InChI=1S/C15H17BrN4/c1-9-7-11(16)3-4-13(9)20-15-12-8-17-6-5-14(12)18-10(2)19-15/h3-4,7,17H,5-6,8H2,1-2H3,(H,18,19,20). The summed E-state index contributed by atoms with van der Waals surface area (Å²) in [5, 5.41) is 6.84. The van der Waals surface area contributed by atoms with Gasteiger partial charge in [0.05, 0.1) is 5.69 Å². The minimum atomic E-state index is 0.822. The smallest absolute Gasteiger partial charge is 0.138 e. The molecule has 0 spiro atoms. The van der Waals surface area contributed by atoms with Crippen molar-refractivity contribution in [1.82, 2.24) is 15.3 Å². The number of rotatable bonds is 2. The zero-order valence-electron chi connectivity index (χ0n) is 11.6. The van der Waals surface area contributed by atoms with E-state index in [4.69, 9.17) is 0 Å². The summed E-state index contributed by atoms with van der Waals surface area (Å²) in [5.74, 6) is 1.74. The Morgan fingerprint density at radius 1 is 1.25 bits per heavy atom. The van der Waals surface area contributed by atoms with E-state index in [2.05, 4.69) is 55.6 Å². The van der Waals surface area contributed by atoms with Crippen molar-refractivity contribution in [1.29, 1.82) is 0 Å². The number of hydrogen-bond donors (Lipinski definition) is 2. The SMILES string of the molecule is Cc1nc2c(c(Nc3ccc(Br)cc3C)n1)CNCC2. The molecule has 1 aromatic heterocycles. The van der Waals surface area contributed by atoms with Gasteiger partial charge in [-0.25, -0.2) is 9.97 Å². The maximum atomic E-state index is 4.57. The van der Waals surface area contributed by atoms with E-state index in [1.54, 1.807) is 0 Å². The molecule has 2 N–H and O–H groups in total. The number of benzene rings is 1. The third-order valence-electron chi connectivity index (χ3n) is 3.49. The van der Waals surface area contributed by atoms with Gasteiger partial charge in [-0.1, -0.05) is 15.9 Å². The number of fused-ring (bicyclic) bond motifs is 1. The third-order valence-corrected chi connectivity index (χ3v) is 3.98. The van der Waals surface area contributed by atoms with Gasteiger partial charge in [0.25, 0.3) is 0 Å². The van der Waals surface area contributed by atoms with Crippen LogP contribution < -0.4 is 10.6 Å². The van der Waals surface area contributed by atoms with Crippen LogP contribution in [-0.4, -0.2) is 16.5 Å². The first-order valence-electron chi connectivity index (χ1n) is 6.74. The van der Waals surface area contributed by atoms with Crippen LogP contribution in [0, 0.1) is 13.8 Å². The molecule has 1 aliphatic heterocycles. The minimum Gasteiger partial charge on any atom is -0.340 e. The van der Waals surface area contributed by atoms with Gasteiger partial charge in [-0.15, -0.1) is 0 Å². The third kappa shape index (κ3) is 2.69. The van der Waals surface area contributed by atoms with Gasteiger partial charge in [0.1, 0.15) is 11.6 Å². The van der Waals surface area contributed by atoms with Crippen molar-refractivity contribution in [2.45, 2.75) is 26.8 Å². The summed E-state index contributed by atoms with van der Waals surface area (Å²) in [4.78, 5) is 9.13. The summed E-state index contributed by atoms with van der Waals surface area (Å²) in [7, 11) is 0. The average molecular weight is 333 g/mol. The molecule has 0 saturated carbocycles. The Morgan fingerprint density at radius 3 is 2.90 bits per heavy atom. The molecule has 0 atom stereocenters. The van der Waals surface area contributed by atoms with E-state index in [1.807, 2.05) is 13.0 Å². The fourth-order valence-electron chi connectivity index (χ4n) is 2.46. The average Bonchev–Trinajstić information content (AvgIpc) is 2.41. The number of halogens is 1. The molecule has 0 aliphatic carbocycles. The summed E-state index contributed by atoms with van der Waals surface area (Å²) >= 11 is 3.49. The fourth-order valence-corrected chi connectivity index (χ4v) is 2.94. The van der Waals surface area contributed by atoms with Gasteiger partial charge in [-0.05, 0) is 37.6 Å². The van der Waals surface area contributed by atoms with E-state index in [0.717, 1.165) is 47.0 Å². The van der Waals surface area contributed by atoms with Crippen LogP contribution in [0.15, 0.2) is 22.7 Å². The quantitative estimate of drug-likeness (QED) is 0.886. The van der Waals surface area contributed by atoms with Crippen molar-refractivity contribution in [3.8, 4) is 0 Å². The summed E-state index contributed by atoms with van der Waals surface area (Å²) in [6, 6.07) is 6.20. The number of nitrogens with zero attached hydrogens (tertiary/aromatic N) is 2. The molecule has 1 aromatic carbocycles. The van der Waals surface area contributed by atoms with E-state index in [9.17, 15) is 0 Å². The second-order valence-electron chi connectivity index (χ2n) is 5.06. The zero-order chi connectivity index (χ0) is 14.1. The lowest BCUT2D eigenvalue weighted by molar-refractivity contribution is 0.625. The Hall–Kier alpha value is -1.46. The number of nitrogens with one attached hydrogen (secondary N) is 2. The second kappa shape index (κ2) is 5.50. The van der Waals surface area contributed by atoms with Gasteiger partial charge in [0, 0.05) is 35.2 Å². The molecule has 0 bridgehead atoms. The number of anilines is 2. The van der Waals surface area contributed by atoms with Gasteiger partial charge >= 0.3 is 0 Å². The molecule has 0 fully saturated rings. The lowest BCUT2D eigenvalue weighted by Gasteiger charge is -2.20. The van der Waals surface area contributed by atoms with Crippen LogP contribution in [-0.2, 0) is 13.0 Å².